The van der Waals surface area contributed by atoms with Crippen LogP contribution in [0.5, 0.6) is 5.75 Å². The van der Waals surface area contributed by atoms with Gasteiger partial charge in [-0.05, 0) is 25.3 Å². The van der Waals surface area contributed by atoms with Gasteiger partial charge >= 0.3 is 5.97 Å². The van der Waals surface area contributed by atoms with Gasteiger partial charge in [-0.15, -0.1) is 0 Å². The highest BCUT2D eigenvalue weighted by Gasteiger charge is 2.11. The second-order valence-electron chi connectivity index (χ2n) is 4.59. The minimum atomic E-state index is -0.344. The van der Waals surface area contributed by atoms with Gasteiger partial charge in [0.25, 0.3) is 0 Å². The molecule has 6 heteroatoms. The van der Waals surface area contributed by atoms with E-state index in [1.165, 1.54) is 12.1 Å². The van der Waals surface area contributed by atoms with E-state index in [4.69, 9.17) is 44.3 Å². The minimum Gasteiger partial charge on any atom is -0.425 e. The van der Waals surface area contributed by atoms with Crippen molar-refractivity contribution in [1.82, 2.24) is 0 Å². The lowest BCUT2D eigenvalue weighted by Crippen LogP contribution is -2.08. The van der Waals surface area contributed by atoms with E-state index in [1.807, 2.05) is 0 Å². The predicted octanol–water partition coefficient (Wildman–Crippen LogP) is 5.54. The molecule has 0 saturated carbocycles. The summed E-state index contributed by atoms with van der Waals surface area (Å²) in [5.41, 5.74) is 0. The van der Waals surface area contributed by atoms with Crippen molar-refractivity contribution in [3.8, 4) is 5.75 Å². The number of benzene rings is 1. The molecule has 0 aliphatic carbocycles. The molecule has 0 radical (unpaired) electrons. The summed E-state index contributed by atoms with van der Waals surface area (Å²) in [6, 6.07) is 2.90. The predicted molar refractivity (Wildman–Crippen MR) is 86.7 cm³/mol. The van der Waals surface area contributed by atoms with E-state index in [1.54, 1.807) is 0 Å². The highest BCUT2D eigenvalue weighted by molar-refractivity contribution is 6.43. The first-order valence-electron chi connectivity index (χ1n) is 6.97. The molecule has 0 unspecified atom stereocenters. The van der Waals surface area contributed by atoms with Gasteiger partial charge in [-0.1, -0.05) is 48.1 Å². The third kappa shape index (κ3) is 7.37. The first-order valence-corrected chi connectivity index (χ1v) is 8.11. The van der Waals surface area contributed by atoms with Crippen molar-refractivity contribution in [1.29, 1.82) is 0 Å². The number of carbonyl (C=O) groups is 1. The van der Waals surface area contributed by atoms with E-state index in [9.17, 15) is 4.79 Å². The summed E-state index contributed by atoms with van der Waals surface area (Å²) in [6.07, 6.45) is 4.04. The molecule has 21 heavy (non-hydrogen) atoms. The first kappa shape index (κ1) is 18.6. The number of carbonyl (C=O) groups excluding carboxylic acids is 1. The SMILES string of the molecule is CCCCOCCCCC(=O)Oc1cc(Cl)c(Cl)cc1Cl. The maximum atomic E-state index is 11.7. The molecule has 0 N–H and O–H groups in total. The molecule has 0 fully saturated rings. The van der Waals surface area contributed by atoms with Crippen LogP contribution in [0.4, 0.5) is 0 Å². The molecule has 0 spiro atoms. The summed E-state index contributed by atoms with van der Waals surface area (Å²) >= 11 is 17.6. The number of unbranched alkanes of at least 4 members (excludes halogenated alkanes) is 2. The smallest absolute Gasteiger partial charge is 0.311 e. The van der Waals surface area contributed by atoms with Crippen LogP contribution in [-0.2, 0) is 9.53 Å². The van der Waals surface area contributed by atoms with E-state index in [-0.39, 0.29) is 16.7 Å². The normalized spacial score (nSPS) is 10.7. The van der Waals surface area contributed by atoms with Crippen LogP contribution < -0.4 is 4.74 Å². The molecule has 118 valence electrons. The van der Waals surface area contributed by atoms with Crippen LogP contribution >= 0.6 is 34.8 Å². The number of hydrogen-bond donors (Lipinski definition) is 0. The topological polar surface area (TPSA) is 35.5 Å². The van der Waals surface area contributed by atoms with Crippen molar-refractivity contribution in [3.63, 3.8) is 0 Å². The maximum absolute atomic E-state index is 11.7. The van der Waals surface area contributed by atoms with Gasteiger partial charge in [-0.3, -0.25) is 4.79 Å². The Kier molecular flexibility index (Phi) is 9.09. The molecule has 0 bridgehead atoms. The van der Waals surface area contributed by atoms with E-state index < -0.39 is 0 Å². The molecular formula is C15H19Cl3O3. The van der Waals surface area contributed by atoms with E-state index in [0.29, 0.717) is 29.5 Å². The Morgan fingerprint density at radius 1 is 1.00 bits per heavy atom. The second-order valence-corrected chi connectivity index (χ2v) is 5.82. The molecule has 1 aromatic rings. The lowest BCUT2D eigenvalue weighted by atomic mass is 10.2. The van der Waals surface area contributed by atoms with E-state index >= 15 is 0 Å². The van der Waals surface area contributed by atoms with Gasteiger partial charge in [0.1, 0.15) is 0 Å². The first-order chi connectivity index (χ1) is 10.0. The van der Waals surface area contributed by atoms with Crippen molar-refractivity contribution in [2.45, 2.75) is 39.0 Å². The fourth-order valence-corrected chi connectivity index (χ4v) is 2.15. The monoisotopic (exact) mass is 352 g/mol. The lowest BCUT2D eigenvalue weighted by molar-refractivity contribution is -0.134. The van der Waals surface area contributed by atoms with Crippen molar-refractivity contribution in [2.75, 3.05) is 13.2 Å². The van der Waals surface area contributed by atoms with Crippen molar-refractivity contribution >= 4 is 40.8 Å². The number of halogens is 3. The zero-order valence-electron chi connectivity index (χ0n) is 12.0. The zero-order valence-corrected chi connectivity index (χ0v) is 14.2. The molecule has 0 saturated heterocycles. The highest BCUT2D eigenvalue weighted by Crippen LogP contribution is 2.34. The molecule has 0 heterocycles. The molecule has 0 atom stereocenters. The summed E-state index contributed by atoms with van der Waals surface area (Å²) in [7, 11) is 0. The summed E-state index contributed by atoms with van der Waals surface area (Å²) in [6.45, 7) is 3.56. The summed E-state index contributed by atoms with van der Waals surface area (Å²) in [5, 5.41) is 0.888. The Hall–Kier alpha value is -0.480. The van der Waals surface area contributed by atoms with Crippen molar-refractivity contribution in [2.24, 2.45) is 0 Å². The van der Waals surface area contributed by atoms with Gasteiger partial charge in [0.05, 0.1) is 15.1 Å². The Bertz CT molecular complexity index is 464. The fraction of sp³-hybridized carbons (Fsp3) is 0.533. The number of esters is 1. The Morgan fingerprint density at radius 2 is 1.67 bits per heavy atom. The highest BCUT2D eigenvalue weighted by atomic mass is 35.5. The Balaban J connectivity index is 2.26. The average molecular weight is 354 g/mol. The number of hydrogen-bond acceptors (Lipinski definition) is 3. The van der Waals surface area contributed by atoms with Gasteiger partial charge in [-0.2, -0.15) is 0 Å². The molecule has 3 nitrogen and oxygen atoms in total. The van der Waals surface area contributed by atoms with Gasteiger partial charge < -0.3 is 9.47 Å². The molecule has 0 amide bonds. The lowest BCUT2D eigenvalue weighted by Gasteiger charge is -2.08. The molecular weight excluding hydrogens is 335 g/mol. The molecule has 1 rings (SSSR count). The van der Waals surface area contributed by atoms with E-state index in [0.717, 1.165) is 25.9 Å². The molecule has 0 aliphatic rings. The van der Waals surface area contributed by atoms with Gasteiger partial charge in [0.2, 0.25) is 0 Å². The van der Waals surface area contributed by atoms with Crippen LogP contribution in [0.1, 0.15) is 39.0 Å². The molecule has 0 aliphatic heterocycles. The standard InChI is InChI=1S/C15H19Cl3O3/c1-2-3-7-20-8-5-4-6-15(19)21-14-10-12(17)11(16)9-13(14)18/h9-10H,2-8H2,1H3. The van der Waals surface area contributed by atoms with Crippen LogP contribution in [0, 0.1) is 0 Å². The Morgan fingerprint density at radius 3 is 2.38 bits per heavy atom. The second kappa shape index (κ2) is 10.3. The Labute approximate surface area is 140 Å². The van der Waals surface area contributed by atoms with Crippen LogP contribution in [0.25, 0.3) is 0 Å². The number of ether oxygens (including phenoxy) is 2. The largest absolute Gasteiger partial charge is 0.425 e. The number of rotatable bonds is 9. The van der Waals surface area contributed by atoms with Gasteiger partial charge in [-0.25, -0.2) is 0 Å². The fourth-order valence-electron chi connectivity index (χ4n) is 1.58. The third-order valence-corrected chi connectivity index (χ3v) is 3.78. The van der Waals surface area contributed by atoms with Crippen LogP contribution in [0.15, 0.2) is 12.1 Å². The van der Waals surface area contributed by atoms with Gasteiger partial charge in [0.15, 0.2) is 5.75 Å². The quantitative estimate of drug-likeness (QED) is 0.253. The van der Waals surface area contributed by atoms with E-state index in [2.05, 4.69) is 6.92 Å². The van der Waals surface area contributed by atoms with Crippen molar-refractivity contribution in [3.05, 3.63) is 27.2 Å². The van der Waals surface area contributed by atoms with Crippen LogP contribution in [0.3, 0.4) is 0 Å². The summed E-state index contributed by atoms with van der Waals surface area (Å²) < 4.78 is 10.6. The summed E-state index contributed by atoms with van der Waals surface area (Å²) in [5.74, 6) is -0.112. The van der Waals surface area contributed by atoms with Crippen LogP contribution in [0.2, 0.25) is 15.1 Å². The zero-order chi connectivity index (χ0) is 15.7. The van der Waals surface area contributed by atoms with Gasteiger partial charge in [0, 0.05) is 25.7 Å². The minimum absolute atomic E-state index is 0.232. The molecule has 1 aromatic carbocycles. The summed E-state index contributed by atoms with van der Waals surface area (Å²) in [4.78, 5) is 11.7. The van der Waals surface area contributed by atoms with Crippen LogP contribution in [-0.4, -0.2) is 19.2 Å². The third-order valence-electron chi connectivity index (χ3n) is 2.76. The van der Waals surface area contributed by atoms with Crippen molar-refractivity contribution < 1.29 is 14.3 Å². The molecule has 0 aromatic heterocycles. The maximum Gasteiger partial charge on any atom is 0.311 e. The average Bonchev–Trinajstić information content (AvgIpc) is 2.44.